The van der Waals surface area contributed by atoms with Gasteiger partial charge in [-0.15, -0.1) is 0 Å². The van der Waals surface area contributed by atoms with Crippen LogP contribution in [0.15, 0.2) is 46.9 Å². The fraction of sp³-hybridized carbons (Fsp3) is 0.222. The van der Waals surface area contributed by atoms with Gasteiger partial charge in [-0.05, 0) is 36.8 Å². The first-order valence-electron chi connectivity index (χ1n) is 7.49. The molecule has 2 aromatic carbocycles. The summed E-state index contributed by atoms with van der Waals surface area (Å²) >= 11 is 3.20. The van der Waals surface area contributed by atoms with Crippen molar-refractivity contribution in [2.45, 2.75) is 19.8 Å². The van der Waals surface area contributed by atoms with Crippen molar-refractivity contribution in [3.05, 3.63) is 58.1 Å². The van der Waals surface area contributed by atoms with E-state index in [-0.39, 0.29) is 16.9 Å². The van der Waals surface area contributed by atoms with Crippen LogP contribution in [0.2, 0.25) is 0 Å². The quantitative estimate of drug-likeness (QED) is 0.425. The molecule has 0 amide bonds. The minimum absolute atomic E-state index is 0.0148. The van der Waals surface area contributed by atoms with Gasteiger partial charge < -0.3 is 14.6 Å². The number of esters is 1. The number of hydrogen-bond donors (Lipinski definition) is 1. The number of ether oxygens (including phenoxy) is 2. The number of carboxylic acids is 1. The number of halogens is 1. The van der Waals surface area contributed by atoms with Crippen molar-refractivity contribution < 1.29 is 24.2 Å². The van der Waals surface area contributed by atoms with Gasteiger partial charge in [0, 0.05) is 4.47 Å². The molecule has 126 valence electrons. The van der Waals surface area contributed by atoms with Gasteiger partial charge in [0.25, 0.3) is 0 Å². The summed E-state index contributed by atoms with van der Waals surface area (Å²) in [6.07, 6.45) is 1.85. The second kappa shape index (κ2) is 8.49. The molecule has 2 aromatic rings. The molecule has 2 rings (SSSR count). The van der Waals surface area contributed by atoms with Crippen molar-refractivity contribution >= 4 is 27.9 Å². The standard InChI is InChI=1S/C18H17BrO5/c1-2-3-10-23-15-7-5-4-6-13(15)18(22)24-16-9-8-12(19)11-14(16)17(20)21/h4-9,11H,2-3,10H2,1H3,(H,20,21). The Morgan fingerprint density at radius 3 is 2.54 bits per heavy atom. The van der Waals surface area contributed by atoms with E-state index in [1.807, 2.05) is 6.92 Å². The van der Waals surface area contributed by atoms with Crippen LogP contribution in [-0.4, -0.2) is 23.7 Å². The highest BCUT2D eigenvalue weighted by Gasteiger charge is 2.19. The molecule has 0 fully saturated rings. The number of benzene rings is 2. The van der Waals surface area contributed by atoms with Crippen LogP contribution >= 0.6 is 15.9 Å². The maximum absolute atomic E-state index is 12.4. The van der Waals surface area contributed by atoms with E-state index in [2.05, 4.69) is 15.9 Å². The number of unbranched alkanes of at least 4 members (excludes halogenated alkanes) is 1. The highest BCUT2D eigenvalue weighted by molar-refractivity contribution is 9.10. The Morgan fingerprint density at radius 1 is 1.08 bits per heavy atom. The normalized spacial score (nSPS) is 10.2. The summed E-state index contributed by atoms with van der Waals surface area (Å²) in [5, 5.41) is 9.23. The van der Waals surface area contributed by atoms with Crippen molar-refractivity contribution in [2.24, 2.45) is 0 Å². The largest absolute Gasteiger partial charge is 0.493 e. The van der Waals surface area contributed by atoms with Crippen molar-refractivity contribution in [1.82, 2.24) is 0 Å². The van der Waals surface area contributed by atoms with Crippen LogP contribution in [0.1, 0.15) is 40.5 Å². The van der Waals surface area contributed by atoms with Gasteiger partial charge in [0.15, 0.2) is 0 Å². The van der Waals surface area contributed by atoms with Crippen molar-refractivity contribution in [3.63, 3.8) is 0 Å². The molecule has 0 unspecified atom stereocenters. The van der Waals surface area contributed by atoms with E-state index in [1.165, 1.54) is 12.1 Å². The molecular weight excluding hydrogens is 376 g/mol. The predicted octanol–water partition coefficient (Wildman–Crippen LogP) is 4.55. The maximum atomic E-state index is 12.4. The maximum Gasteiger partial charge on any atom is 0.347 e. The Bertz CT molecular complexity index is 742. The van der Waals surface area contributed by atoms with E-state index in [1.54, 1.807) is 30.3 Å². The van der Waals surface area contributed by atoms with Crippen LogP contribution in [0, 0.1) is 0 Å². The summed E-state index contributed by atoms with van der Waals surface area (Å²) < 4.78 is 11.5. The summed E-state index contributed by atoms with van der Waals surface area (Å²) in [6.45, 7) is 2.55. The first-order chi connectivity index (χ1) is 11.5. The predicted molar refractivity (Wildman–Crippen MR) is 92.9 cm³/mol. The van der Waals surface area contributed by atoms with Crippen LogP contribution in [-0.2, 0) is 0 Å². The number of carbonyl (C=O) groups excluding carboxylic acids is 1. The molecule has 1 N–H and O–H groups in total. The van der Waals surface area contributed by atoms with Gasteiger partial charge >= 0.3 is 11.9 Å². The van der Waals surface area contributed by atoms with E-state index in [0.717, 1.165) is 12.8 Å². The molecule has 0 aliphatic carbocycles. The number of para-hydroxylation sites is 1. The fourth-order valence-corrected chi connectivity index (χ4v) is 2.36. The highest BCUT2D eigenvalue weighted by Crippen LogP contribution is 2.26. The first kappa shape index (κ1) is 18.0. The molecule has 0 aliphatic heterocycles. The molecular formula is C18H17BrO5. The molecule has 0 aliphatic rings. The van der Waals surface area contributed by atoms with Gasteiger partial charge in [0.1, 0.15) is 22.6 Å². The Balaban J connectivity index is 2.23. The highest BCUT2D eigenvalue weighted by atomic mass is 79.9. The Morgan fingerprint density at radius 2 is 1.83 bits per heavy atom. The molecule has 0 saturated carbocycles. The smallest absolute Gasteiger partial charge is 0.347 e. The van der Waals surface area contributed by atoms with Crippen molar-refractivity contribution in [2.75, 3.05) is 6.61 Å². The summed E-state index contributed by atoms with van der Waals surface area (Å²) in [6, 6.07) is 11.2. The number of rotatable bonds is 7. The van der Waals surface area contributed by atoms with Gasteiger partial charge in [0.2, 0.25) is 0 Å². The molecule has 0 bridgehead atoms. The molecule has 0 atom stereocenters. The zero-order valence-corrected chi connectivity index (χ0v) is 14.7. The summed E-state index contributed by atoms with van der Waals surface area (Å²) in [5.41, 5.74) is 0.162. The molecule has 0 heterocycles. The molecule has 0 spiro atoms. The van der Waals surface area contributed by atoms with Crippen LogP contribution < -0.4 is 9.47 Å². The summed E-state index contributed by atoms with van der Waals surface area (Å²) in [7, 11) is 0. The third kappa shape index (κ3) is 4.58. The lowest BCUT2D eigenvalue weighted by atomic mass is 10.2. The third-order valence-electron chi connectivity index (χ3n) is 3.24. The number of carbonyl (C=O) groups is 2. The minimum atomic E-state index is -1.17. The zero-order chi connectivity index (χ0) is 17.5. The van der Waals surface area contributed by atoms with Gasteiger partial charge in [-0.1, -0.05) is 41.4 Å². The molecule has 0 radical (unpaired) electrons. The average molecular weight is 393 g/mol. The lowest BCUT2D eigenvalue weighted by Gasteiger charge is -2.12. The van der Waals surface area contributed by atoms with Gasteiger partial charge in [-0.2, -0.15) is 0 Å². The number of carboxylic acid groups (broad SMARTS) is 1. The van der Waals surface area contributed by atoms with Gasteiger partial charge in [0.05, 0.1) is 6.61 Å². The minimum Gasteiger partial charge on any atom is -0.493 e. The van der Waals surface area contributed by atoms with Crippen molar-refractivity contribution in [1.29, 1.82) is 0 Å². The Hall–Kier alpha value is -2.34. The van der Waals surface area contributed by atoms with E-state index in [9.17, 15) is 14.7 Å². The number of aromatic carboxylic acids is 1. The lowest BCUT2D eigenvalue weighted by Crippen LogP contribution is -2.13. The molecule has 0 aromatic heterocycles. The SMILES string of the molecule is CCCCOc1ccccc1C(=O)Oc1ccc(Br)cc1C(=O)O. The van der Waals surface area contributed by atoms with E-state index in [0.29, 0.717) is 16.8 Å². The Kier molecular flexibility index (Phi) is 6.37. The fourth-order valence-electron chi connectivity index (χ4n) is 2.00. The third-order valence-corrected chi connectivity index (χ3v) is 3.73. The second-order valence-corrected chi connectivity index (χ2v) is 5.95. The summed E-state index contributed by atoms with van der Waals surface area (Å²) in [5.74, 6) is -1.43. The molecule has 24 heavy (non-hydrogen) atoms. The first-order valence-corrected chi connectivity index (χ1v) is 8.29. The topological polar surface area (TPSA) is 72.8 Å². The Labute approximate surface area is 148 Å². The monoisotopic (exact) mass is 392 g/mol. The van der Waals surface area contributed by atoms with E-state index in [4.69, 9.17) is 9.47 Å². The second-order valence-electron chi connectivity index (χ2n) is 5.03. The van der Waals surface area contributed by atoms with Crippen LogP contribution in [0.3, 0.4) is 0 Å². The molecule has 6 heteroatoms. The van der Waals surface area contributed by atoms with Crippen LogP contribution in [0.25, 0.3) is 0 Å². The van der Waals surface area contributed by atoms with E-state index >= 15 is 0 Å². The number of hydrogen-bond acceptors (Lipinski definition) is 4. The van der Waals surface area contributed by atoms with Gasteiger partial charge in [-0.25, -0.2) is 9.59 Å². The van der Waals surface area contributed by atoms with Crippen LogP contribution in [0.5, 0.6) is 11.5 Å². The zero-order valence-electron chi connectivity index (χ0n) is 13.1. The molecule has 0 saturated heterocycles. The van der Waals surface area contributed by atoms with Gasteiger partial charge in [-0.3, -0.25) is 0 Å². The average Bonchev–Trinajstić information content (AvgIpc) is 2.57. The summed E-state index contributed by atoms with van der Waals surface area (Å²) in [4.78, 5) is 23.7. The van der Waals surface area contributed by atoms with E-state index < -0.39 is 11.9 Å². The lowest BCUT2D eigenvalue weighted by molar-refractivity contribution is 0.0680. The van der Waals surface area contributed by atoms with Crippen molar-refractivity contribution in [3.8, 4) is 11.5 Å². The molecule has 5 nitrogen and oxygen atoms in total. The van der Waals surface area contributed by atoms with Crippen LogP contribution in [0.4, 0.5) is 0 Å².